The Morgan fingerprint density at radius 3 is 2.89 bits per heavy atom. The molecule has 0 radical (unpaired) electrons. The molecule has 1 aromatic heterocycles. The van der Waals surface area contributed by atoms with Crippen molar-refractivity contribution >= 4 is 38.9 Å². The second kappa shape index (κ2) is 6.71. The molecule has 0 aliphatic heterocycles. The lowest BCUT2D eigenvalue weighted by Gasteiger charge is -2.20. The highest BCUT2D eigenvalue weighted by molar-refractivity contribution is 9.10. The van der Waals surface area contributed by atoms with E-state index in [-0.39, 0.29) is 6.04 Å². The Morgan fingerprint density at radius 1 is 1.39 bits per heavy atom. The van der Waals surface area contributed by atoms with Gasteiger partial charge in [-0.15, -0.1) is 0 Å². The van der Waals surface area contributed by atoms with Crippen LogP contribution in [0.3, 0.4) is 0 Å². The van der Waals surface area contributed by atoms with Crippen LogP contribution in [0.15, 0.2) is 39.5 Å². The number of thiophene rings is 1. The summed E-state index contributed by atoms with van der Waals surface area (Å²) in [6.45, 7) is 3.14. The van der Waals surface area contributed by atoms with Crippen LogP contribution in [0.25, 0.3) is 0 Å². The van der Waals surface area contributed by atoms with Crippen molar-refractivity contribution in [3.8, 4) is 0 Å². The van der Waals surface area contributed by atoms with E-state index in [9.17, 15) is 0 Å². The molecule has 0 spiro atoms. The average molecular weight is 345 g/mol. The van der Waals surface area contributed by atoms with E-state index < -0.39 is 0 Å². The van der Waals surface area contributed by atoms with Gasteiger partial charge >= 0.3 is 0 Å². The molecule has 0 aliphatic carbocycles. The lowest BCUT2D eigenvalue weighted by atomic mass is 10.0. The fraction of sp³-hybridized carbons (Fsp3) is 0.286. The van der Waals surface area contributed by atoms with Gasteiger partial charge in [0.1, 0.15) is 0 Å². The Labute approximate surface area is 125 Å². The van der Waals surface area contributed by atoms with Gasteiger partial charge in [-0.3, -0.25) is 0 Å². The summed E-state index contributed by atoms with van der Waals surface area (Å²) in [5.41, 5.74) is 2.39. The molecule has 1 nitrogen and oxygen atoms in total. The van der Waals surface area contributed by atoms with E-state index in [2.05, 4.69) is 51.1 Å². The third-order valence-corrected chi connectivity index (χ3v) is 4.78. The van der Waals surface area contributed by atoms with Gasteiger partial charge in [0.05, 0.1) is 11.1 Å². The lowest BCUT2D eigenvalue weighted by molar-refractivity contribution is 0.600. The van der Waals surface area contributed by atoms with Gasteiger partial charge in [0, 0.05) is 4.47 Å². The molecule has 1 unspecified atom stereocenters. The first-order valence-corrected chi connectivity index (χ1v) is 8.04. The number of halogens is 2. The van der Waals surface area contributed by atoms with Gasteiger partial charge in [-0.1, -0.05) is 30.7 Å². The van der Waals surface area contributed by atoms with E-state index in [1.54, 1.807) is 11.3 Å². The minimum atomic E-state index is 0.168. The van der Waals surface area contributed by atoms with Crippen molar-refractivity contribution in [3.05, 3.63) is 55.6 Å². The number of benzene rings is 1. The second-order valence-corrected chi connectivity index (χ2v) is 6.10. The van der Waals surface area contributed by atoms with Crippen LogP contribution in [-0.2, 0) is 0 Å². The van der Waals surface area contributed by atoms with Crippen LogP contribution in [0.2, 0.25) is 5.02 Å². The van der Waals surface area contributed by atoms with E-state index in [0.29, 0.717) is 0 Å². The summed E-state index contributed by atoms with van der Waals surface area (Å²) < 4.78 is 0.945. The van der Waals surface area contributed by atoms with Crippen molar-refractivity contribution in [3.63, 3.8) is 0 Å². The van der Waals surface area contributed by atoms with Gasteiger partial charge in [-0.05, 0) is 62.9 Å². The molecule has 0 saturated carbocycles. The van der Waals surface area contributed by atoms with Gasteiger partial charge < -0.3 is 5.32 Å². The third-order valence-electron chi connectivity index (χ3n) is 2.77. The van der Waals surface area contributed by atoms with Gasteiger partial charge in [0.15, 0.2) is 0 Å². The monoisotopic (exact) mass is 343 g/mol. The number of nitrogens with one attached hydrogen (secondary N) is 1. The first kappa shape index (κ1) is 14.1. The molecule has 1 N–H and O–H groups in total. The molecule has 0 bridgehead atoms. The van der Waals surface area contributed by atoms with Crippen LogP contribution in [0.5, 0.6) is 0 Å². The molecule has 96 valence electrons. The highest BCUT2D eigenvalue weighted by Crippen LogP contribution is 2.34. The van der Waals surface area contributed by atoms with Crippen LogP contribution in [0.4, 0.5) is 0 Å². The average Bonchev–Trinajstić information content (AvgIpc) is 2.88. The van der Waals surface area contributed by atoms with Crippen molar-refractivity contribution in [2.75, 3.05) is 6.54 Å². The number of hydrogen-bond acceptors (Lipinski definition) is 2. The highest BCUT2D eigenvalue weighted by Gasteiger charge is 2.17. The van der Waals surface area contributed by atoms with Crippen molar-refractivity contribution in [2.24, 2.45) is 0 Å². The van der Waals surface area contributed by atoms with Gasteiger partial charge in [0.25, 0.3) is 0 Å². The molecule has 0 aliphatic rings. The SMILES string of the molecule is CCCNC(c1ccsc1)c1cccc(Br)c1Cl. The first-order chi connectivity index (χ1) is 8.74. The molecule has 18 heavy (non-hydrogen) atoms. The molecular weight excluding hydrogens is 330 g/mol. The van der Waals surface area contributed by atoms with Crippen LogP contribution < -0.4 is 5.32 Å². The molecule has 1 atom stereocenters. The van der Waals surface area contributed by atoms with Crippen molar-refractivity contribution in [2.45, 2.75) is 19.4 Å². The summed E-state index contributed by atoms with van der Waals surface area (Å²) in [4.78, 5) is 0. The molecule has 1 aromatic carbocycles. The minimum Gasteiger partial charge on any atom is -0.306 e. The third kappa shape index (κ3) is 3.15. The predicted molar refractivity (Wildman–Crippen MR) is 83.6 cm³/mol. The molecule has 0 saturated heterocycles. The van der Waals surface area contributed by atoms with E-state index >= 15 is 0 Å². The fourth-order valence-electron chi connectivity index (χ4n) is 1.88. The molecule has 1 heterocycles. The van der Waals surface area contributed by atoms with Crippen molar-refractivity contribution in [1.29, 1.82) is 0 Å². The highest BCUT2D eigenvalue weighted by atomic mass is 79.9. The van der Waals surface area contributed by atoms with Crippen molar-refractivity contribution < 1.29 is 0 Å². The van der Waals surface area contributed by atoms with Gasteiger partial charge in [-0.25, -0.2) is 0 Å². The molecule has 2 rings (SSSR count). The van der Waals surface area contributed by atoms with Crippen LogP contribution in [-0.4, -0.2) is 6.54 Å². The van der Waals surface area contributed by atoms with E-state index in [1.165, 1.54) is 5.56 Å². The molecular formula is C14H15BrClNS. The maximum atomic E-state index is 6.40. The summed E-state index contributed by atoms with van der Waals surface area (Å²) in [6.07, 6.45) is 1.10. The zero-order valence-electron chi connectivity index (χ0n) is 10.1. The summed E-state index contributed by atoms with van der Waals surface area (Å²) in [5.74, 6) is 0. The number of hydrogen-bond donors (Lipinski definition) is 1. The Morgan fingerprint density at radius 2 is 2.22 bits per heavy atom. The Balaban J connectivity index is 2.37. The van der Waals surface area contributed by atoms with E-state index in [0.717, 1.165) is 28.0 Å². The smallest absolute Gasteiger partial charge is 0.0600 e. The molecule has 0 amide bonds. The van der Waals surface area contributed by atoms with Crippen molar-refractivity contribution in [1.82, 2.24) is 5.32 Å². The molecule has 4 heteroatoms. The quantitative estimate of drug-likeness (QED) is 0.781. The maximum Gasteiger partial charge on any atom is 0.0600 e. The van der Waals surface area contributed by atoms with Gasteiger partial charge in [-0.2, -0.15) is 11.3 Å². The Kier molecular flexibility index (Phi) is 5.25. The Bertz CT molecular complexity index is 499. The molecule has 0 fully saturated rings. The van der Waals surface area contributed by atoms with Crippen LogP contribution >= 0.6 is 38.9 Å². The minimum absolute atomic E-state index is 0.168. The largest absolute Gasteiger partial charge is 0.306 e. The van der Waals surface area contributed by atoms with Crippen LogP contribution in [0, 0.1) is 0 Å². The van der Waals surface area contributed by atoms with Gasteiger partial charge in [0.2, 0.25) is 0 Å². The van der Waals surface area contributed by atoms with E-state index in [1.807, 2.05) is 12.1 Å². The second-order valence-electron chi connectivity index (χ2n) is 4.09. The maximum absolute atomic E-state index is 6.40. The Hall–Kier alpha value is -0.350. The zero-order valence-corrected chi connectivity index (χ0v) is 13.3. The summed E-state index contributed by atoms with van der Waals surface area (Å²) >= 11 is 11.6. The summed E-state index contributed by atoms with van der Waals surface area (Å²) in [6, 6.07) is 8.39. The summed E-state index contributed by atoms with van der Waals surface area (Å²) in [5, 5.41) is 8.62. The van der Waals surface area contributed by atoms with Crippen LogP contribution in [0.1, 0.15) is 30.5 Å². The fourth-order valence-corrected chi connectivity index (χ4v) is 3.18. The first-order valence-electron chi connectivity index (χ1n) is 5.93. The normalized spacial score (nSPS) is 12.6. The number of rotatable bonds is 5. The topological polar surface area (TPSA) is 12.0 Å². The zero-order chi connectivity index (χ0) is 13.0. The summed E-state index contributed by atoms with van der Waals surface area (Å²) in [7, 11) is 0. The molecule has 2 aromatic rings. The predicted octanol–water partition coefficient (Wildman–Crippen LogP) is 5.25. The lowest BCUT2D eigenvalue weighted by Crippen LogP contribution is -2.23. The van der Waals surface area contributed by atoms with E-state index in [4.69, 9.17) is 11.6 Å². The standard InChI is InChI=1S/C14H15BrClNS/c1-2-7-17-14(10-6-8-18-9-10)11-4-3-5-12(15)13(11)16/h3-6,8-9,14,17H,2,7H2,1H3.